The zero-order valence-electron chi connectivity index (χ0n) is 13.7. The van der Waals surface area contributed by atoms with Crippen molar-refractivity contribution in [3.8, 4) is 11.5 Å². The summed E-state index contributed by atoms with van der Waals surface area (Å²) in [4.78, 5) is 12.5. The molecule has 0 spiro atoms. The summed E-state index contributed by atoms with van der Waals surface area (Å²) in [6.07, 6.45) is 0.990. The van der Waals surface area contributed by atoms with Crippen LogP contribution in [0.5, 0.6) is 11.5 Å². The maximum atomic E-state index is 12.5. The molecule has 23 heavy (non-hydrogen) atoms. The third kappa shape index (κ3) is 4.83. The molecule has 1 fully saturated rings. The van der Waals surface area contributed by atoms with Crippen molar-refractivity contribution in [3.63, 3.8) is 0 Å². The molecule has 0 aromatic heterocycles. The minimum Gasteiger partial charge on any atom is -0.497 e. The van der Waals surface area contributed by atoms with Gasteiger partial charge in [0.05, 0.1) is 12.7 Å². The lowest BCUT2D eigenvalue weighted by molar-refractivity contribution is 0.103. The van der Waals surface area contributed by atoms with Gasteiger partial charge in [-0.15, -0.1) is 0 Å². The molecule has 4 nitrogen and oxygen atoms in total. The van der Waals surface area contributed by atoms with Gasteiger partial charge < -0.3 is 14.2 Å². The van der Waals surface area contributed by atoms with Crippen molar-refractivity contribution < 1.29 is 19.0 Å². The number of epoxide rings is 1. The predicted octanol–water partition coefficient (Wildman–Crippen LogP) is 4.08. The molecule has 2 aromatic rings. The van der Waals surface area contributed by atoms with Crippen molar-refractivity contribution in [1.82, 2.24) is 0 Å². The molecule has 3 rings (SSSR count). The number of ether oxygens (including phenoxy) is 3. The van der Waals surface area contributed by atoms with E-state index >= 15 is 0 Å². The maximum Gasteiger partial charge on any atom is 0.223 e. The minimum absolute atomic E-state index is 0.0797. The second kappa shape index (κ2) is 8.34. The van der Waals surface area contributed by atoms with Crippen molar-refractivity contribution in [1.29, 1.82) is 0 Å². The standard InChI is InChI=1S/C16H14O4.C3H8/c1-18-12-7-8-13(14(9-12)20-15-10-19-15)16(17)11-5-3-2-4-6-11;1-3-2/h2-9,15H,10H2,1H3;3H2,1-2H3. The van der Waals surface area contributed by atoms with Crippen LogP contribution in [0.25, 0.3) is 0 Å². The smallest absolute Gasteiger partial charge is 0.223 e. The fraction of sp³-hybridized carbons (Fsp3) is 0.316. The van der Waals surface area contributed by atoms with E-state index in [0.29, 0.717) is 29.2 Å². The Labute approximate surface area is 137 Å². The number of carbonyl (C=O) groups excluding carboxylic acids is 1. The van der Waals surface area contributed by atoms with Crippen LogP contribution >= 0.6 is 0 Å². The van der Waals surface area contributed by atoms with Gasteiger partial charge in [-0.25, -0.2) is 0 Å². The van der Waals surface area contributed by atoms with Crippen molar-refractivity contribution >= 4 is 5.78 Å². The molecule has 0 aliphatic carbocycles. The summed E-state index contributed by atoms with van der Waals surface area (Å²) in [5.74, 6) is 1.05. The summed E-state index contributed by atoms with van der Waals surface area (Å²) in [6.45, 7) is 4.80. The topological polar surface area (TPSA) is 48.1 Å². The lowest BCUT2D eigenvalue weighted by atomic mass is 10.0. The Hall–Kier alpha value is -2.33. The second-order valence-electron chi connectivity index (χ2n) is 5.15. The fourth-order valence-corrected chi connectivity index (χ4v) is 1.91. The first-order valence-electron chi connectivity index (χ1n) is 7.75. The summed E-state index contributed by atoms with van der Waals surface area (Å²) in [5.41, 5.74) is 1.13. The lowest BCUT2D eigenvalue weighted by Crippen LogP contribution is -2.07. The highest BCUT2D eigenvalue weighted by molar-refractivity contribution is 6.10. The minimum atomic E-state index is -0.260. The van der Waals surface area contributed by atoms with Gasteiger partial charge in [-0.05, 0) is 12.1 Å². The molecule has 0 amide bonds. The molecule has 1 aliphatic heterocycles. The van der Waals surface area contributed by atoms with E-state index in [0.717, 1.165) is 0 Å². The average Bonchev–Trinajstić information content (AvgIpc) is 3.40. The van der Waals surface area contributed by atoms with Crippen molar-refractivity contribution in [3.05, 3.63) is 59.7 Å². The molecule has 0 saturated carbocycles. The van der Waals surface area contributed by atoms with Gasteiger partial charge in [-0.2, -0.15) is 0 Å². The molecule has 2 aromatic carbocycles. The number of benzene rings is 2. The number of rotatable bonds is 5. The largest absolute Gasteiger partial charge is 0.497 e. The van der Waals surface area contributed by atoms with Crippen molar-refractivity contribution in [2.24, 2.45) is 0 Å². The van der Waals surface area contributed by atoms with E-state index in [2.05, 4.69) is 13.8 Å². The van der Waals surface area contributed by atoms with Gasteiger partial charge in [-0.1, -0.05) is 50.6 Å². The van der Waals surface area contributed by atoms with Crippen LogP contribution in [0.4, 0.5) is 0 Å². The Morgan fingerprint density at radius 3 is 2.39 bits per heavy atom. The van der Waals surface area contributed by atoms with Crippen LogP contribution in [-0.4, -0.2) is 25.8 Å². The van der Waals surface area contributed by atoms with Gasteiger partial charge >= 0.3 is 0 Å². The van der Waals surface area contributed by atoms with Crippen molar-refractivity contribution in [2.45, 2.75) is 26.6 Å². The van der Waals surface area contributed by atoms with Crippen LogP contribution in [0.2, 0.25) is 0 Å². The molecule has 0 bridgehead atoms. The first-order valence-corrected chi connectivity index (χ1v) is 7.75. The summed E-state index contributed by atoms with van der Waals surface area (Å²) in [5, 5.41) is 0. The van der Waals surface area contributed by atoms with Gasteiger partial charge in [0.25, 0.3) is 0 Å². The third-order valence-corrected chi connectivity index (χ3v) is 3.03. The molecule has 1 heterocycles. The average molecular weight is 314 g/mol. The maximum absolute atomic E-state index is 12.5. The van der Waals surface area contributed by atoms with Crippen LogP contribution in [-0.2, 0) is 4.74 Å². The summed E-state index contributed by atoms with van der Waals surface area (Å²) in [7, 11) is 1.57. The molecule has 1 saturated heterocycles. The van der Waals surface area contributed by atoms with E-state index in [1.54, 1.807) is 37.4 Å². The van der Waals surface area contributed by atoms with Gasteiger partial charge in [0.1, 0.15) is 18.1 Å². The first kappa shape index (κ1) is 17.0. The van der Waals surface area contributed by atoms with E-state index in [-0.39, 0.29) is 12.1 Å². The van der Waals surface area contributed by atoms with Gasteiger partial charge in [0.15, 0.2) is 5.78 Å². The van der Waals surface area contributed by atoms with Gasteiger partial charge in [-0.3, -0.25) is 4.79 Å². The van der Waals surface area contributed by atoms with E-state index < -0.39 is 0 Å². The predicted molar refractivity (Wildman–Crippen MR) is 89.2 cm³/mol. The number of ketones is 1. The fourth-order valence-electron chi connectivity index (χ4n) is 1.91. The Morgan fingerprint density at radius 1 is 1.17 bits per heavy atom. The Bertz CT molecular complexity index is 633. The van der Waals surface area contributed by atoms with Gasteiger partial charge in [0.2, 0.25) is 6.29 Å². The number of hydrogen-bond acceptors (Lipinski definition) is 4. The van der Waals surface area contributed by atoms with Crippen LogP contribution < -0.4 is 9.47 Å². The van der Waals surface area contributed by atoms with Crippen LogP contribution in [0.1, 0.15) is 36.2 Å². The normalized spacial score (nSPS) is 15.2. The quantitative estimate of drug-likeness (QED) is 0.616. The van der Waals surface area contributed by atoms with Crippen LogP contribution in [0.3, 0.4) is 0 Å². The molecule has 1 aliphatic rings. The summed E-state index contributed by atoms with van der Waals surface area (Å²) < 4.78 is 15.8. The first-order chi connectivity index (χ1) is 11.2. The highest BCUT2D eigenvalue weighted by atomic mass is 16.8. The summed E-state index contributed by atoms with van der Waals surface area (Å²) >= 11 is 0. The van der Waals surface area contributed by atoms with E-state index in [4.69, 9.17) is 14.2 Å². The molecule has 122 valence electrons. The number of carbonyl (C=O) groups is 1. The molecule has 4 heteroatoms. The second-order valence-corrected chi connectivity index (χ2v) is 5.15. The Kier molecular flexibility index (Phi) is 6.18. The van der Waals surface area contributed by atoms with Crippen LogP contribution in [0, 0.1) is 0 Å². The zero-order chi connectivity index (χ0) is 16.7. The SMILES string of the molecule is CCC.COc1ccc(C(=O)c2ccccc2)c(OC2CO2)c1. The number of methoxy groups -OCH3 is 1. The summed E-state index contributed by atoms with van der Waals surface area (Å²) in [6, 6.07) is 14.3. The molecule has 1 atom stereocenters. The van der Waals surface area contributed by atoms with Crippen LogP contribution in [0.15, 0.2) is 48.5 Å². The van der Waals surface area contributed by atoms with Gasteiger partial charge in [0, 0.05) is 11.6 Å². The highest BCUT2D eigenvalue weighted by Gasteiger charge is 2.27. The molecular weight excluding hydrogens is 292 g/mol. The molecule has 0 N–H and O–H groups in total. The number of hydrogen-bond donors (Lipinski definition) is 0. The third-order valence-electron chi connectivity index (χ3n) is 3.03. The lowest BCUT2D eigenvalue weighted by Gasteiger charge is -2.11. The molecule has 1 unspecified atom stereocenters. The molecule has 0 radical (unpaired) electrons. The highest BCUT2D eigenvalue weighted by Crippen LogP contribution is 2.29. The Balaban J connectivity index is 0.000000595. The molecular formula is C19H22O4. The van der Waals surface area contributed by atoms with E-state index in [1.807, 2.05) is 18.2 Å². The van der Waals surface area contributed by atoms with Crippen molar-refractivity contribution in [2.75, 3.05) is 13.7 Å². The zero-order valence-corrected chi connectivity index (χ0v) is 13.7. The van der Waals surface area contributed by atoms with E-state index in [9.17, 15) is 4.79 Å². The van der Waals surface area contributed by atoms with E-state index in [1.165, 1.54) is 6.42 Å². The Morgan fingerprint density at radius 2 is 1.83 bits per heavy atom. The monoisotopic (exact) mass is 314 g/mol.